The molecule has 0 aliphatic rings. The maximum Gasteiger partial charge on any atom is 0.416 e. The quantitative estimate of drug-likeness (QED) is 0.294. The van der Waals surface area contributed by atoms with Crippen molar-refractivity contribution in [1.29, 1.82) is 0 Å². The van der Waals surface area contributed by atoms with Gasteiger partial charge in [0.25, 0.3) is 5.56 Å². The van der Waals surface area contributed by atoms with Crippen LogP contribution in [0.1, 0.15) is 16.7 Å². The van der Waals surface area contributed by atoms with E-state index < -0.39 is 11.7 Å². The Morgan fingerprint density at radius 1 is 1.00 bits per heavy atom. The van der Waals surface area contributed by atoms with E-state index in [-0.39, 0.29) is 5.56 Å². The predicted molar refractivity (Wildman–Crippen MR) is 128 cm³/mol. The van der Waals surface area contributed by atoms with Gasteiger partial charge in [0, 0.05) is 5.75 Å². The van der Waals surface area contributed by atoms with Crippen molar-refractivity contribution in [2.45, 2.75) is 24.0 Å². The second kappa shape index (κ2) is 8.77. The van der Waals surface area contributed by atoms with Crippen molar-refractivity contribution in [1.82, 2.24) is 19.2 Å². The van der Waals surface area contributed by atoms with Crippen LogP contribution in [-0.4, -0.2) is 26.3 Å². The Morgan fingerprint density at radius 2 is 1.74 bits per heavy atom. The van der Waals surface area contributed by atoms with Crippen LogP contribution in [0.25, 0.3) is 22.4 Å². The fourth-order valence-corrected chi connectivity index (χ4v) is 4.80. The van der Waals surface area contributed by atoms with Gasteiger partial charge in [-0.15, -0.1) is 10.2 Å². The van der Waals surface area contributed by atoms with Gasteiger partial charge in [-0.05, 0) is 54.4 Å². The molecule has 178 valence electrons. The summed E-state index contributed by atoms with van der Waals surface area (Å²) in [4.78, 5) is 13.6. The van der Waals surface area contributed by atoms with Crippen molar-refractivity contribution in [2.24, 2.45) is 0 Å². The molecular weight excluding hydrogens is 477 g/mol. The number of benzene rings is 3. The third-order valence-corrected chi connectivity index (χ3v) is 6.62. The first kappa shape index (κ1) is 23.0. The SMILES string of the molecule is COc1ccc(C)cc1-n1c(=O)c2ccccc2n2c(SCc3ccc(C(F)(F)F)cc3)nnc12. The number of hydrogen-bond acceptors (Lipinski definition) is 5. The Morgan fingerprint density at radius 3 is 2.46 bits per heavy atom. The molecule has 10 heteroatoms. The van der Waals surface area contributed by atoms with Gasteiger partial charge in [0.05, 0.1) is 29.3 Å². The average molecular weight is 497 g/mol. The number of thioether (sulfide) groups is 1. The van der Waals surface area contributed by atoms with Gasteiger partial charge in [-0.25, -0.2) is 4.57 Å². The third-order valence-electron chi connectivity index (χ3n) is 5.62. The maximum absolute atomic E-state index is 13.6. The highest BCUT2D eigenvalue weighted by Gasteiger charge is 2.30. The van der Waals surface area contributed by atoms with Crippen LogP contribution in [0.5, 0.6) is 5.75 Å². The first-order valence-electron chi connectivity index (χ1n) is 10.6. The molecule has 5 aromatic rings. The van der Waals surface area contributed by atoms with E-state index in [0.29, 0.717) is 44.6 Å². The van der Waals surface area contributed by atoms with E-state index in [2.05, 4.69) is 10.2 Å². The van der Waals surface area contributed by atoms with Gasteiger partial charge in [-0.1, -0.05) is 42.1 Å². The lowest BCUT2D eigenvalue weighted by Gasteiger charge is -2.14. The number of aryl methyl sites for hydroxylation is 1. The zero-order chi connectivity index (χ0) is 24.7. The topological polar surface area (TPSA) is 61.4 Å². The molecule has 2 aromatic heterocycles. The zero-order valence-electron chi connectivity index (χ0n) is 18.7. The molecule has 0 aliphatic carbocycles. The lowest BCUT2D eigenvalue weighted by atomic mass is 10.1. The van der Waals surface area contributed by atoms with Gasteiger partial charge >= 0.3 is 6.18 Å². The number of halogens is 3. The molecule has 0 saturated carbocycles. The molecule has 0 fully saturated rings. The number of rotatable bonds is 5. The van der Waals surface area contributed by atoms with Crippen LogP contribution in [0.2, 0.25) is 0 Å². The minimum absolute atomic E-state index is 0.260. The number of methoxy groups -OCH3 is 1. The lowest BCUT2D eigenvalue weighted by molar-refractivity contribution is -0.137. The van der Waals surface area contributed by atoms with E-state index in [1.165, 1.54) is 35.6 Å². The zero-order valence-corrected chi connectivity index (χ0v) is 19.5. The predicted octanol–water partition coefficient (Wildman–Crippen LogP) is 5.66. The number of hydrogen-bond donors (Lipinski definition) is 0. The average Bonchev–Trinajstić information content (AvgIpc) is 3.26. The van der Waals surface area contributed by atoms with Crippen LogP contribution in [-0.2, 0) is 11.9 Å². The highest BCUT2D eigenvalue weighted by molar-refractivity contribution is 7.98. The number of aromatic nitrogens is 4. The summed E-state index contributed by atoms with van der Waals surface area (Å²) in [5.74, 6) is 1.20. The van der Waals surface area contributed by atoms with E-state index in [1.54, 1.807) is 22.6 Å². The number of para-hydroxylation sites is 1. The van der Waals surface area contributed by atoms with Gasteiger partial charge in [0.15, 0.2) is 5.16 Å². The molecule has 0 N–H and O–H groups in total. The maximum atomic E-state index is 13.6. The molecule has 0 bridgehead atoms. The Hall–Kier alpha value is -3.79. The van der Waals surface area contributed by atoms with Crippen molar-refractivity contribution >= 4 is 28.4 Å². The van der Waals surface area contributed by atoms with Crippen LogP contribution in [0.3, 0.4) is 0 Å². The molecule has 5 rings (SSSR count). The largest absolute Gasteiger partial charge is 0.495 e. The Bertz CT molecular complexity index is 1610. The summed E-state index contributed by atoms with van der Waals surface area (Å²) in [6, 6.07) is 17.7. The van der Waals surface area contributed by atoms with E-state index in [9.17, 15) is 18.0 Å². The molecule has 3 aromatic carbocycles. The minimum Gasteiger partial charge on any atom is -0.495 e. The highest BCUT2D eigenvalue weighted by atomic mass is 32.2. The normalized spacial score (nSPS) is 11.9. The monoisotopic (exact) mass is 496 g/mol. The van der Waals surface area contributed by atoms with Gasteiger partial charge < -0.3 is 4.74 Å². The Labute approximate surface area is 202 Å². The molecule has 0 unspecified atom stereocenters. The van der Waals surface area contributed by atoms with Crippen LogP contribution in [0, 0.1) is 6.92 Å². The molecule has 0 atom stereocenters. The smallest absolute Gasteiger partial charge is 0.416 e. The summed E-state index contributed by atoms with van der Waals surface area (Å²) in [5.41, 5.74) is 1.87. The summed E-state index contributed by atoms with van der Waals surface area (Å²) >= 11 is 1.32. The molecule has 0 radical (unpaired) electrons. The summed E-state index contributed by atoms with van der Waals surface area (Å²) in [6.07, 6.45) is -4.38. The summed E-state index contributed by atoms with van der Waals surface area (Å²) in [6.45, 7) is 1.92. The van der Waals surface area contributed by atoms with Crippen molar-refractivity contribution in [3.05, 3.63) is 93.8 Å². The molecule has 0 spiro atoms. The number of alkyl halides is 3. The van der Waals surface area contributed by atoms with Gasteiger partial charge in [0.1, 0.15) is 5.75 Å². The number of fused-ring (bicyclic) bond motifs is 3. The van der Waals surface area contributed by atoms with Crippen LogP contribution in [0.4, 0.5) is 13.2 Å². The second-order valence-electron chi connectivity index (χ2n) is 7.93. The second-order valence-corrected chi connectivity index (χ2v) is 8.88. The Kier molecular flexibility index (Phi) is 5.76. The van der Waals surface area contributed by atoms with Crippen molar-refractivity contribution in [3.8, 4) is 11.4 Å². The summed E-state index contributed by atoms with van der Waals surface area (Å²) in [5, 5.41) is 9.62. The highest BCUT2D eigenvalue weighted by Crippen LogP contribution is 2.31. The summed E-state index contributed by atoms with van der Waals surface area (Å²) in [7, 11) is 1.53. The van der Waals surface area contributed by atoms with E-state index in [0.717, 1.165) is 17.7 Å². The van der Waals surface area contributed by atoms with Gasteiger partial charge in [0.2, 0.25) is 5.78 Å². The first-order valence-corrected chi connectivity index (χ1v) is 11.6. The Balaban J connectivity index is 1.64. The van der Waals surface area contributed by atoms with Gasteiger partial charge in [-0.2, -0.15) is 13.2 Å². The molecule has 6 nitrogen and oxygen atoms in total. The molecular formula is C25H19F3N4O2S. The van der Waals surface area contributed by atoms with Crippen LogP contribution in [0.15, 0.2) is 76.7 Å². The summed E-state index contributed by atoms with van der Waals surface area (Å²) < 4.78 is 47.4. The standard InChI is InChI=1S/C25H19F3N4O2S/c1-15-7-12-21(34-2)20(13-15)31-22(33)18-5-3-4-6-19(18)32-23(31)29-30-24(32)35-14-16-8-10-17(11-9-16)25(26,27)28/h3-13H,14H2,1-2H3. The van der Waals surface area contributed by atoms with Crippen molar-refractivity contribution in [2.75, 3.05) is 7.11 Å². The molecule has 35 heavy (non-hydrogen) atoms. The number of ether oxygens (including phenoxy) is 1. The van der Waals surface area contributed by atoms with E-state index in [4.69, 9.17) is 4.74 Å². The van der Waals surface area contributed by atoms with Crippen molar-refractivity contribution in [3.63, 3.8) is 0 Å². The van der Waals surface area contributed by atoms with E-state index in [1.807, 2.05) is 31.2 Å². The van der Waals surface area contributed by atoms with Gasteiger partial charge in [-0.3, -0.25) is 9.20 Å². The molecule has 2 heterocycles. The lowest BCUT2D eigenvalue weighted by Crippen LogP contribution is -2.22. The third kappa shape index (κ3) is 4.14. The minimum atomic E-state index is -4.38. The fourth-order valence-electron chi connectivity index (χ4n) is 3.90. The van der Waals surface area contributed by atoms with Crippen LogP contribution >= 0.6 is 11.8 Å². The molecule has 0 amide bonds. The van der Waals surface area contributed by atoms with E-state index >= 15 is 0 Å². The molecule has 0 aliphatic heterocycles. The molecule has 0 saturated heterocycles. The fraction of sp³-hybridized carbons (Fsp3) is 0.160. The van der Waals surface area contributed by atoms with Crippen LogP contribution < -0.4 is 10.3 Å². The van der Waals surface area contributed by atoms with Crippen molar-refractivity contribution < 1.29 is 17.9 Å². The first-order chi connectivity index (χ1) is 16.8. The number of nitrogens with zero attached hydrogens (tertiary/aromatic N) is 4.